The lowest BCUT2D eigenvalue weighted by Gasteiger charge is -2.33. The van der Waals surface area contributed by atoms with Crippen LogP contribution in [0.5, 0.6) is 5.75 Å². The third-order valence-electron chi connectivity index (χ3n) is 18.7. The van der Waals surface area contributed by atoms with Gasteiger partial charge in [-0.25, -0.2) is 9.59 Å². The Morgan fingerprint density at radius 2 is 0.983 bits per heavy atom. The summed E-state index contributed by atoms with van der Waals surface area (Å²) in [7, 11) is 1.63. The first kappa shape index (κ1) is 92.9. The number of nitrogens with two attached hydrogens (primary N) is 3. The number of aliphatic carboxylic acids is 3. The average Bonchev–Trinajstić information content (AvgIpc) is 0.774. The quantitative estimate of drug-likeness (QED) is 0.0175. The number of aliphatic hydroxyl groups is 1. The van der Waals surface area contributed by atoms with E-state index in [1.807, 2.05) is 5.32 Å². The Labute approximate surface area is 684 Å². The minimum atomic E-state index is -1.89. The van der Waals surface area contributed by atoms with Gasteiger partial charge in [0.2, 0.25) is 65.0 Å². The highest BCUT2D eigenvalue weighted by Crippen LogP contribution is 2.25. The van der Waals surface area contributed by atoms with E-state index >= 15 is 19.2 Å². The largest absolute Gasteiger partial charge is 0.508 e. The van der Waals surface area contributed by atoms with E-state index in [2.05, 4.69) is 58.5 Å². The number of halogens is 1. The number of unbranched alkanes of at least 4 members (excludes halogenated alkanes) is 1. The second kappa shape index (κ2) is 46.5. The molecule has 43 heteroatoms. The van der Waals surface area contributed by atoms with Crippen LogP contribution in [0.2, 0.25) is 5.02 Å². The lowest BCUT2D eigenvalue weighted by atomic mass is 10.0. The highest BCUT2D eigenvalue weighted by atomic mass is 35.5. The van der Waals surface area contributed by atoms with Gasteiger partial charge in [-0.05, 0) is 104 Å². The first-order chi connectivity index (χ1) is 55.6. The van der Waals surface area contributed by atoms with Crippen LogP contribution < -0.4 is 81.0 Å². The van der Waals surface area contributed by atoms with Gasteiger partial charge in [0.25, 0.3) is 0 Å². The standard InChI is InChI=1S/C74H98ClN19O21S2/c1-41(95)63-72(113)87-57(70(111)83-51(64(77)105)30-45-11-19-49(96)20-12-45)40-117-116-39-56(86-67(108)52(31-42-5-13-46(75)14-6-42)81-59(98)35-91-22-24-92(36-60(99)100)26-28-94(38-62(103)104)29-27-93(25-23-91)37-61(101)102)71(112)85-54(33-43-7-15-47(16-8-43)79-66(107)55-34-58(97)89-74(115)88-55)69(110)84-53(32-44-9-17-48(18-10-44)80-73(78)114)68(109)82-50(65(106)90-63)4-2-3-21-76/h5-20,41,50-57,63,95-96H,2-4,21-40,76H2,1H3,(H2,77,105)(H,79,107)(H,81,98)(H,82,109)(H,83,111)(H,84,110)(H,85,112)(H,86,108)(H,87,113)(H,90,106)(H,99,100)(H,101,102)(H,103,104)(H3,78,80,114)(H2,88,89,97,115)/t41-,50?,51-,52+,53-,54?,55+,56?,57?,63+/m1/s1. The Balaban J connectivity index is 1.32. The number of carboxylic acid groups (broad SMARTS) is 3. The topological polar surface area (TPSA) is 610 Å². The maximum Gasteiger partial charge on any atom is 0.322 e. The van der Waals surface area contributed by atoms with Crippen molar-refractivity contribution in [1.29, 1.82) is 0 Å². The fraction of sp³-hybridized carbons (Fsp3) is 0.459. The molecule has 40 nitrogen and oxygen atoms in total. The summed E-state index contributed by atoms with van der Waals surface area (Å²) in [6.07, 6.45) is -3.17. The number of nitrogens with one attached hydrogen (secondary N) is 12. The number of amides is 15. The van der Waals surface area contributed by atoms with Crippen LogP contribution in [0, 0.1) is 0 Å². The van der Waals surface area contributed by atoms with Crippen molar-refractivity contribution in [2.24, 2.45) is 17.2 Å². The van der Waals surface area contributed by atoms with Gasteiger partial charge in [0, 0.05) is 106 Å². The van der Waals surface area contributed by atoms with Crippen molar-refractivity contribution in [2.45, 2.75) is 119 Å². The number of phenolic OH excluding ortho intramolecular Hbond substituents is 1. The van der Waals surface area contributed by atoms with Crippen LogP contribution in [-0.2, 0) is 92.8 Å². The van der Waals surface area contributed by atoms with Gasteiger partial charge in [-0.1, -0.05) is 81.7 Å². The summed E-state index contributed by atoms with van der Waals surface area (Å²) >= 11 is 6.32. The average molecular weight is 1690 g/mol. The number of benzene rings is 4. The Kier molecular flexibility index (Phi) is 36.9. The Morgan fingerprint density at radius 1 is 0.521 bits per heavy atom. The number of nitrogens with zero attached hydrogens (tertiary/aromatic N) is 4. The number of hydrogen-bond acceptors (Lipinski definition) is 25. The molecule has 4 aromatic rings. The highest BCUT2D eigenvalue weighted by molar-refractivity contribution is 8.76. The third kappa shape index (κ3) is 32.4. The van der Waals surface area contributed by atoms with E-state index in [9.17, 15) is 83.1 Å². The molecule has 4 aromatic carbocycles. The number of primary amides is 2. The molecule has 0 aromatic heterocycles. The number of hydrogen-bond donors (Lipinski definition) is 20. The van der Waals surface area contributed by atoms with Crippen molar-refractivity contribution in [2.75, 3.05) is 107 Å². The summed E-state index contributed by atoms with van der Waals surface area (Å²) < 4.78 is 0. The van der Waals surface area contributed by atoms with Gasteiger partial charge >= 0.3 is 30.0 Å². The SMILES string of the molecule is C[C@@H](O)[C@@H]1NC(=O)C(CCCCN)NC(=O)[C@@H](Cc2ccc(NC(N)=O)cc2)NC(=O)C(Cc2ccc(NC(=O)[C@@H]3CC(=O)NC(=O)N3)cc2)NC(=O)C(NC(=O)[C@H](Cc2ccc(Cl)cc2)NC(=O)CN2CCN(CC(=O)O)CCN(CC(=O)O)CCN(CC(=O)O)CC2)CSSCC(C(=O)N[C@H](Cc2ccc(O)cc2)C(N)=O)NC1=O. The van der Waals surface area contributed by atoms with Crippen LogP contribution in [0.3, 0.4) is 0 Å². The molecule has 3 saturated heterocycles. The number of aromatic hydroxyl groups is 1. The lowest BCUT2D eigenvalue weighted by Crippen LogP contribution is -2.62. The molecule has 0 aliphatic carbocycles. The molecule has 0 spiro atoms. The Morgan fingerprint density at radius 3 is 1.47 bits per heavy atom. The summed E-state index contributed by atoms with van der Waals surface area (Å²) in [5.74, 6) is -15.5. The molecule has 4 unspecified atom stereocenters. The number of carbonyl (C=O) groups is 16. The number of phenols is 1. The second-order valence-electron chi connectivity index (χ2n) is 28.0. The van der Waals surface area contributed by atoms with Crippen molar-refractivity contribution >= 4 is 140 Å². The van der Waals surface area contributed by atoms with Crippen LogP contribution in [0.1, 0.15) is 54.9 Å². The van der Waals surface area contributed by atoms with Crippen molar-refractivity contribution < 1.29 is 102 Å². The van der Waals surface area contributed by atoms with Crippen LogP contribution in [0.25, 0.3) is 0 Å². The molecule has 15 amide bonds. The molecule has 3 aliphatic heterocycles. The summed E-state index contributed by atoms with van der Waals surface area (Å²) in [5.41, 5.74) is 18.9. The number of rotatable bonds is 30. The van der Waals surface area contributed by atoms with E-state index in [1.54, 1.807) is 21.9 Å². The summed E-state index contributed by atoms with van der Waals surface area (Å²) in [5, 5.41) is 81.6. The normalized spacial score (nSPS) is 21.2. The number of anilines is 2. The maximum atomic E-state index is 15.7. The predicted molar refractivity (Wildman–Crippen MR) is 427 cm³/mol. The molecular formula is C74H98ClN19O21S2. The van der Waals surface area contributed by atoms with E-state index in [0.717, 1.165) is 28.5 Å². The predicted octanol–water partition coefficient (Wildman–Crippen LogP) is -3.91. The molecule has 23 N–H and O–H groups in total. The van der Waals surface area contributed by atoms with Gasteiger partial charge in [0.05, 0.1) is 38.7 Å². The highest BCUT2D eigenvalue weighted by Gasteiger charge is 2.38. The van der Waals surface area contributed by atoms with Gasteiger partial charge in [-0.3, -0.25) is 92.0 Å². The van der Waals surface area contributed by atoms with Gasteiger partial charge in [0.15, 0.2) is 0 Å². The van der Waals surface area contributed by atoms with Gasteiger partial charge in [-0.15, -0.1) is 0 Å². The maximum absolute atomic E-state index is 15.7. The van der Waals surface area contributed by atoms with Crippen molar-refractivity contribution in [1.82, 2.24) is 72.8 Å². The number of aliphatic hydroxyl groups excluding tert-OH is 1. The summed E-state index contributed by atoms with van der Waals surface area (Å²) in [4.78, 5) is 225. The van der Waals surface area contributed by atoms with Crippen LogP contribution in [0.15, 0.2) is 97.1 Å². The molecule has 3 heterocycles. The number of urea groups is 2. The van der Waals surface area contributed by atoms with Crippen LogP contribution in [0.4, 0.5) is 21.0 Å². The van der Waals surface area contributed by atoms with Gasteiger partial charge in [0.1, 0.15) is 60.1 Å². The zero-order chi connectivity index (χ0) is 85.4. The Hall–Kier alpha value is -11.2. The summed E-state index contributed by atoms with van der Waals surface area (Å²) in [6, 6.07) is 6.70. The first-order valence-electron chi connectivity index (χ1n) is 37.2. The zero-order valence-electron chi connectivity index (χ0n) is 63.8. The first-order valence-corrected chi connectivity index (χ1v) is 40.1. The number of imide groups is 1. The third-order valence-corrected chi connectivity index (χ3v) is 21.4. The number of carbonyl (C=O) groups excluding carboxylic acids is 13. The number of carboxylic acids is 3. The second-order valence-corrected chi connectivity index (χ2v) is 31.0. The van der Waals surface area contributed by atoms with Crippen LogP contribution in [-0.4, -0.2) is 297 Å². The molecule has 0 bridgehead atoms. The van der Waals surface area contributed by atoms with E-state index in [1.165, 1.54) is 94.7 Å². The molecule has 3 aliphatic rings. The molecule has 0 saturated carbocycles. The molecule has 10 atom stereocenters. The van der Waals surface area contributed by atoms with Gasteiger partial charge in [-0.2, -0.15) is 0 Å². The molecule has 7 rings (SSSR count). The molecule has 3 fully saturated rings. The fourth-order valence-corrected chi connectivity index (χ4v) is 15.0. The molecular weight excluding hydrogens is 1590 g/mol. The molecule has 634 valence electrons. The smallest absolute Gasteiger partial charge is 0.322 e. The van der Waals surface area contributed by atoms with E-state index < -0.39 is 200 Å². The van der Waals surface area contributed by atoms with Crippen LogP contribution >= 0.6 is 33.2 Å². The minimum absolute atomic E-state index is 0.0103. The van der Waals surface area contributed by atoms with Crippen molar-refractivity contribution in [3.8, 4) is 5.75 Å². The monoisotopic (exact) mass is 1690 g/mol. The minimum Gasteiger partial charge on any atom is -0.508 e. The van der Waals surface area contributed by atoms with Gasteiger partial charge < -0.3 is 101 Å². The van der Waals surface area contributed by atoms with Crippen molar-refractivity contribution in [3.63, 3.8) is 0 Å². The van der Waals surface area contributed by atoms with E-state index in [4.69, 9.17) is 28.8 Å². The zero-order valence-corrected chi connectivity index (χ0v) is 66.1. The molecule has 117 heavy (non-hydrogen) atoms. The molecule has 0 radical (unpaired) electrons. The van der Waals surface area contributed by atoms with Crippen molar-refractivity contribution in [3.05, 3.63) is 124 Å². The van der Waals surface area contributed by atoms with E-state index in [0.29, 0.717) is 28.1 Å². The fourth-order valence-electron chi connectivity index (χ4n) is 12.5. The lowest BCUT2D eigenvalue weighted by molar-refractivity contribution is -0.140. The van der Waals surface area contributed by atoms with E-state index in [-0.39, 0.29) is 120 Å². The summed E-state index contributed by atoms with van der Waals surface area (Å²) in [6.45, 7) is -0.313. The Bertz CT molecular complexity index is 4130.